The zero-order valence-corrected chi connectivity index (χ0v) is 25.6. The van der Waals surface area contributed by atoms with Crippen molar-refractivity contribution < 1.29 is 17.1 Å². The van der Waals surface area contributed by atoms with Crippen molar-refractivity contribution in [2.75, 3.05) is 13.1 Å². The van der Waals surface area contributed by atoms with E-state index in [1.54, 1.807) is 0 Å². The largest absolute Gasteiger partial charge is 0.696 e. The molecule has 0 aromatic rings. The van der Waals surface area contributed by atoms with Crippen LogP contribution in [0.2, 0.25) is 0 Å². The molecule has 2 atom stereocenters. The van der Waals surface area contributed by atoms with E-state index in [9.17, 15) is 0 Å². The number of thiocyanates is 2. The molecule has 4 rings (SSSR count). The number of halogens is 2. The summed E-state index contributed by atoms with van der Waals surface area (Å²) >= 11 is 19.5. The van der Waals surface area contributed by atoms with Crippen molar-refractivity contribution in [3.05, 3.63) is 22.8 Å². The first-order chi connectivity index (χ1) is 17.5. The molecule has 1 radical (unpaired) electrons. The van der Waals surface area contributed by atoms with Gasteiger partial charge in [-0.05, 0) is 63.8 Å². The maximum atomic E-state index is 7.13. The van der Waals surface area contributed by atoms with Gasteiger partial charge in [0.15, 0.2) is 0 Å². The van der Waals surface area contributed by atoms with Gasteiger partial charge in [0.25, 0.3) is 0 Å². The number of nitrogens with zero attached hydrogens (tertiary/aromatic N) is 6. The smallest absolute Gasteiger partial charge is 0.0496 e. The first-order valence-electron chi connectivity index (χ1n) is 12.9. The summed E-state index contributed by atoms with van der Waals surface area (Å²) in [5.74, 6) is 0. The second-order valence-electron chi connectivity index (χ2n) is 9.17. The Labute approximate surface area is 255 Å². The summed E-state index contributed by atoms with van der Waals surface area (Å²) in [6.45, 7) is 1.98. The van der Waals surface area contributed by atoms with E-state index in [0.717, 1.165) is 70.9 Å². The molecule has 0 aromatic heterocycles. The van der Waals surface area contributed by atoms with Crippen molar-refractivity contribution in [3.8, 4) is 10.8 Å². The molecule has 6 nitrogen and oxygen atoms in total. The van der Waals surface area contributed by atoms with Gasteiger partial charge in [-0.15, -0.1) is 42.4 Å². The minimum Gasteiger partial charge on any atom is -0.696 e. The van der Waals surface area contributed by atoms with Crippen LogP contribution < -0.4 is 0 Å². The maximum absolute atomic E-state index is 7.13. The third kappa shape index (κ3) is 19.3. The fraction of sp³-hybridized carbons (Fsp3) is 0.769. The molecule has 2 saturated carbocycles. The molecule has 0 amide bonds. The Morgan fingerprint density at radius 1 is 0.757 bits per heavy atom. The zero-order valence-electron chi connectivity index (χ0n) is 21.3. The van der Waals surface area contributed by atoms with Gasteiger partial charge in [-0.25, -0.2) is 10.5 Å². The van der Waals surface area contributed by atoms with E-state index in [1.165, 1.54) is 30.1 Å². The van der Waals surface area contributed by atoms with Crippen molar-refractivity contribution in [3.63, 3.8) is 0 Å². The van der Waals surface area contributed by atoms with Crippen LogP contribution in [-0.2, 0) is 42.3 Å². The van der Waals surface area contributed by atoms with Crippen LogP contribution in [0.25, 0.3) is 10.6 Å². The summed E-state index contributed by atoms with van der Waals surface area (Å²) in [4.78, 5) is 9.28. The van der Waals surface area contributed by atoms with E-state index in [-0.39, 0.29) is 23.1 Å². The molecule has 0 aromatic carbocycles. The van der Waals surface area contributed by atoms with Crippen LogP contribution in [0.3, 0.4) is 0 Å². The molecule has 37 heavy (non-hydrogen) atoms. The van der Waals surface area contributed by atoms with Gasteiger partial charge in [0.05, 0.1) is 0 Å². The van der Waals surface area contributed by atoms with Crippen molar-refractivity contribution in [2.24, 2.45) is 9.98 Å². The summed E-state index contributed by atoms with van der Waals surface area (Å²) in [6.07, 6.45) is 22.4. The summed E-state index contributed by atoms with van der Waals surface area (Å²) < 4.78 is 0. The molecule has 4 aliphatic rings. The molecule has 2 aliphatic carbocycles. The molecule has 2 heterocycles. The van der Waals surface area contributed by atoms with Gasteiger partial charge < -0.3 is 35.9 Å². The Morgan fingerprint density at radius 3 is 1.70 bits per heavy atom. The van der Waals surface area contributed by atoms with E-state index in [4.69, 9.17) is 33.7 Å². The zero-order chi connectivity index (χ0) is 26.4. The van der Waals surface area contributed by atoms with Crippen LogP contribution in [0.1, 0.15) is 77.0 Å². The predicted molar refractivity (Wildman–Crippen MR) is 158 cm³/mol. The Hall–Kier alpha value is -0.481. The molecule has 3 fully saturated rings. The molecule has 0 N–H and O–H groups in total. The van der Waals surface area contributed by atoms with Crippen LogP contribution in [0.15, 0.2) is 22.1 Å². The molecule has 1 saturated heterocycles. The van der Waals surface area contributed by atoms with Crippen LogP contribution >= 0.6 is 23.2 Å². The second kappa shape index (κ2) is 24.6. The first kappa shape index (κ1) is 36.5. The Balaban J connectivity index is 0.000000566. The minimum absolute atomic E-state index is 0. The molecule has 0 bridgehead atoms. The Morgan fingerprint density at radius 2 is 1.27 bits per heavy atom. The van der Waals surface area contributed by atoms with E-state index in [0.29, 0.717) is 28.9 Å². The number of piperidine rings is 1. The average Bonchev–Trinajstić information content (AvgIpc) is 2.91. The number of rotatable bonds is 4. The van der Waals surface area contributed by atoms with Gasteiger partial charge in [-0.1, -0.05) is 54.6 Å². The molecule has 0 spiro atoms. The van der Waals surface area contributed by atoms with Crippen molar-refractivity contribution in [1.29, 1.82) is 10.5 Å². The van der Waals surface area contributed by atoms with E-state index < -0.39 is 0 Å². The van der Waals surface area contributed by atoms with E-state index in [1.807, 2.05) is 6.21 Å². The van der Waals surface area contributed by atoms with E-state index in [2.05, 4.69) is 64.2 Å². The van der Waals surface area contributed by atoms with Gasteiger partial charge in [0, 0.05) is 39.9 Å². The van der Waals surface area contributed by atoms with Gasteiger partial charge in [-0.2, -0.15) is 0 Å². The van der Waals surface area contributed by atoms with Gasteiger partial charge in [0.2, 0.25) is 0 Å². The number of hydrogen-bond donors (Lipinski definition) is 0. The van der Waals surface area contributed by atoms with Crippen LogP contribution in [0.4, 0.5) is 0 Å². The van der Waals surface area contributed by atoms with Gasteiger partial charge >= 0.3 is 0 Å². The van der Waals surface area contributed by atoms with E-state index >= 15 is 0 Å². The van der Waals surface area contributed by atoms with Crippen LogP contribution in [0, 0.1) is 21.3 Å². The third-order valence-corrected chi connectivity index (χ3v) is 7.28. The number of nitriles is 2. The fourth-order valence-corrected chi connectivity index (χ4v) is 4.93. The van der Waals surface area contributed by atoms with Crippen LogP contribution in [0.5, 0.6) is 0 Å². The average molecular weight is 625 g/mol. The van der Waals surface area contributed by atoms with Gasteiger partial charge in [0.1, 0.15) is 0 Å². The molecule has 11 heteroatoms. The van der Waals surface area contributed by atoms with Gasteiger partial charge in [-0.3, -0.25) is 9.98 Å². The topological polar surface area (TPSA) is 100 Å². The number of hydrogen-bond acceptors (Lipinski definition) is 6. The molecule has 2 unspecified atom stereocenters. The summed E-state index contributed by atoms with van der Waals surface area (Å²) in [5.41, 5.74) is 0. The molecular formula is C26H38Cl2MnN6S2-4. The standard InChI is InChI=1S/C12H20ClN2.C12H18ClN2.2CHNS.Mn/c2*13-10-4-6-11(7-5-10)15-9-12-3-1-2-8-14-12;2*2-1-3;/h9-12H,1-8H2;1,3,9-12H,2,4-8H2;2*3H;/q2*-1;;;/p-2. The maximum Gasteiger partial charge on any atom is 0.0496 e. The predicted octanol–water partition coefficient (Wildman–Crippen LogP) is 6.87. The Bertz CT molecular complexity index is 710. The summed E-state index contributed by atoms with van der Waals surface area (Å²) in [6, 6.07) is 1.66. The normalized spacial score (nSPS) is 31.0. The van der Waals surface area contributed by atoms with Crippen molar-refractivity contribution >= 4 is 60.9 Å². The second-order valence-corrected chi connectivity index (χ2v) is 10.8. The summed E-state index contributed by atoms with van der Waals surface area (Å²) in [7, 11) is 0. The monoisotopic (exact) mass is 623 g/mol. The van der Waals surface area contributed by atoms with Crippen molar-refractivity contribution in [1.82, 2.24) is 0 Å². The quantitative estimate of drug-likeness (QED) is 0.0851. The molecule has 2 aliphatic heterocycles. The van der Waals surface area contributed by atoms with Crippen LogP contribution in [-0.4, -0.2) is 60.4 Å². The fourth-order valence-electron chi connectivity index (χ4n) is 4.43. The molecular weight excluding hydrogens is 586 g/mol. The SMILES string of the molecule is ClC1CCC(N=CC2C=CCC[N-]2)CC1.ClC1CCC(N=CC2CCCC[N-]2)CC1.N#C[S-].N#C[S-].[Mn]. The third-order valence-electron chi connectivity index (χ3n) is 6.41. The minimum atomic E-state index is 0. The first-order valence-corrected chi connectivity index (χ1v) is 14.6. The molecule has 209 valence electrons. The Kier molecular flexibility index (Phi) is 24.2. The van der Waals surface area contributed by atoms with Crippen molar-refractivity contribution in [2.45, 2.75) is 112 Å². The number of alkyl halides is 2. The summed E-state index contributed by atoms with van der Waals surface area (Å²) in [5, 5.41) is 26.7. The number of aliphatic imine (C=N–C) groups is 2.